The number of rotatable bonds is 4. The second kappa shape index (κ2) is 6.60. The molecule has 1 aliphatic rings. The van der Waals surface area contributed by atoms with E-state index in [2.05, 4.69) is 47.9 Å². The SMILES string of the molecule is CC(CNc1cc(N)nc(C(C)(C)C)n1)N1CCCCC1. The highest BCUT2D eigenvalue weighted by Crippen LogP contribution is 2.21. The van der Waals surface area contributed by atoms with Crippen molar-refractivity contribution in [3.05, 3.63) is 11.9 Å². The van der Waals surface area contributed by atoms with Crippen molar-refractivity contribution >= 4 is 11.6 Å². The van der Waals surface area contributed by atoms with E-state index in [-0.39, 0.29) is 5.41 Å². The van der Waals surface area contributed by atoms with E-state index in [9.17, 15) is 0 Å². The van der Waals surface area contributed by atoms with Crippen molar-refractivity contribution < 1.29 is 0 Å². The van der Waals surface area contributed by atoms with Gasteiger partial charge in [-0.3, -0.25) is 4.90 Å². The van der Waals surface area contributed by atoms with Gasteiger partial charge in [0, 0.05) is 24.1 Å². The molecule has 5 heteroatoms. The molecular weight excluding hydrogens is 262 g/mol. The molecular formula is C16H29N5. The van der Waals surface area contributed by atoms with Gasteiger partial charge in [-0.15, -0.1) is 0 Å². The standard InChI is InChI=1S/C16H29N5/c1-12(21-8-6-5-7-9-21)11-18-14-10-13(17)19-15(20-14)16(2,3)4/h10,12H,5-9,11H2,1-4H3,(H3,17,18,19,20). The first-order valence-electron chi connectivity index (χ1n) is 7.99. The summed E-state index contributed by atoms with van der Waals surface area (Å²) >= 11 is 0. The van der Waals surface area contributed by atoms with Crippen molar-refractivity contribution in [3.63, 3.8) is 0 Å². The van der Waals surface area contributed by atoms with E-state index < -0.39 is 0 Å². The molecule has 0 spiro atoms. The van der Waals surface area contributed by atoms with Crippen molar-refractivity contribution in [2.75, 3.05) is 30.7 Å². The fourth-order valence-corrected chi connectivity index (χ4v) is 2.63. The Kier molecular flexibility index (Phi) is 5.04. The van der Waals surface area contributed by atoms with Gasteiger partial charge in [-0.05, 0) is 32.9 Å². The Morgan fingerprint density at radius 2 is 1.90 bits per heavy atom. The van der Waals surface area contributed by atoms with E-state index in [1.165, 1.54) is 32.4 Å². The highest BCUT2D eigenvalue weighted by atomic mass is 15.2. The van der Waals surface area contributed by atoms with Crippen LogP contribution in [0.2, 0.25) is 0 Å². The van der Waals surface area contributed by atoms with Crippen LogP contribution in [0.25, 0.3) is 0 Å². The van der Waals surface area contributed by atoms with Crippen molar-refractivity contribution in [1.29, 1.82) is 0 Å². The van der Waals surface area contributed by atoms with Gasteiger partial charge in [0.2, 0.25) is 0 Å². The van der Waals surface area contributed by atoms with Gasteiger partial charge in [-0.1, -0.05) is 27.2 Å². The summed E-state index contributed by atoms with van der Waals surface area (Å²) < 4.78 is 0. The third-order valence-electron chi connectivity index (χ3n) is 4.01. The number of anilines is 2. The average Bonchev–Trinajstić information content (AvgIpc) is 2.44. The summed E-state index contributed by atoms with van der Waals surface area (Å²) in [6.07, 6.45) is 4.01. The minimum Gasteiger partial charge on any atom is -0.384 e. The molecule has 2 rings (SSSR count). The quantitative estimate of drug-likeness (QED) is 0.892. The molecule has 1 saturated heterocycles. The van der Waals surface area contributed by atoms with E-state index in [1.54, 1.807) is 0 Å². The first-order chi connectivity index (χ1) is 9.86. The lowest BCUT2D eigenvalue weighted by atomic mass is 9.96. The predicted molar refractivity (Wildman–Crippen MR) is 88.5 cm³/mol. The normalized spacial score (nSPS) is 18.5. The first kappa shape index (κ1) is 16.0. The summed E-state index contributed by atoms with van der Waals surface area (Å²) in [5.41, 5.74) is 5.81. The highest BCUT2D eigenvalue weighted by molar-refractivity contribution is 5.45. The molecule has 0 saturated carbocycles. The number of nitrogen functional groups attached to an aromatic ring is 1. The number of piperidine rings is 1. The molecule has 3 N–H and O–H groups in total. The van der Waals surface area contributed by atoms with Gasteiger partial charge in [-0.2, -0.15) is 0 Å². The summed E-state index contributed by atoms with van der Waals surface area (Å²) in [4.78, 5) is 11.5. The largest absolute Gasteiger partial charge is 0.384 e. The predicted octanol–water partition coefficient (Wildman–Crippen LogP) is 2.64. The van der Waals surface area contributed by atoms with Crippen LogP contribution in [0.4, 0.5) is 11.6 Å². The lowest BCUT2D eigenvalue weighted by Gasteiger charge is -2.32. The van der Waals surface area contributed by atoms with Gasteiger partial charge >= 0.3 is 0 Å². The lowest BCUT2D eigenvalue weighted by Crippen LogP contribution is -2.41. The van der Waals surface area contributed by atoms with Gasteiger partial charge in [0.1, 0.15) is 17.5 Å². The van der Waals surface area contributed by atoms with E-state index >= 15 is 0 Å². The molecule has 1 aromatic rings. The van der Waals surface area contributed by atoms with Gasteiger partial charge in [-0.25, -0.2) is 9.97 Å². The number of likely N-dealkylation sites (tertiary alicyclic amines) is 1. The van der Waals surface area contributed by atoms with Crippen LogP contribution in [0.1, 0.15) is 52.8 Å². The second-order valence-electron chi connectivity index (χ2n) is 7.08. The van der Waals surface area contributed by atoms with E-state index in [0.717, 1.165) is 18.2 Å². The molecule has 5 nitrogen and oxygen atoms in total. The minimum absolute atomic E-state index is 0.0930. The van der Waals surface area contributed by atoms with Crippen LogP contribution < -0.4 is 11.1 Å². The van der Waals surface area contributed by atoms with E-state index in [0.29, 0.717) is 11.9 Å². The molecule has 118 valence electrons. The number of nitrogens with one attached hydrogen (secondary N) is 1. The molecule has 2 heterocycles. The molecule has 1 aromatic heterocycles. The van der Waals surface area contributed by atoms with Gasteiger partial charge in [0.25, 0.3) is 0 Å². The number of hydrogen-bond donors (Lipinski definition) is 2. The summed E-state index contributed by atoms with van der Waals surface area (Å²) in [6.45, 7) is 11.9. The third kappa shape index (κ3) is 4.56. The molecule has 0 bridgehead atoms. The molecule has 1 aliphatic heterocycles. The topological polar surface area (TPSA) is 67.1 Å². The summed E-state index contributed by atoms with van der Waals surface area (Å²) in [5, 5.41) is 3.42. The van der Waals surface area contributed by atoms with Crippen molar-refractivity contribution in [2.24, 2.45) is 0 Å². The van der Waals surface area contributed by atoms with Crippen molar-refractivity contribution in [2.45, 2.75) is 58.4 Å². The molecule has 0 aromatic carbocycles. The van der Waals surface area contributed by atoms with Crippen LogP contribution in [0.5, 0.6) is 0 Å². The van der Waals surface area contributed by atoms with Gasteiger partial charge in [0.15, 0.2) is 0 Å². The zero-order valence-corrected chi connectivity index (χ0v) is 13.8. The monoisotopic (exact) mass is 291 g/mol. The number of nitrogens with zero attached hydrogens (tertiary/aromatic N) is 3. The summed E-state index contributed by atoms with van der Waals surface area (Å²) in [6, 6.07) is 2.33. The Bertz CT molecular complexity index is 460. The maximum absolute atomic E-state index is 5.90. The number of hydrogen-bond acceptors (Lipinski definition) is 5. The zero-order valence-electron chi connectivity index (χ0n) is 13.8. The molecule has 0 radical (unpaired) electrons. The second-order valence-corrected chi connectivity index (χ2v) is 7.08. The third-order valence-corrected chi connectivity index (χ3v) is 4.01. The van der Waals surface area contributed by atoms with E-state index in [4.69, 9.17) is 5.73 Å². The molecule has 1 atom stereocenters. The highest BCUT2D eigenvalue weighted by Gasteiger charge is 2.20. The average molecular weight is 291 g/mol. The Morgan fingerprint density at radius 1 is 1.24 bits per heavy atom. The van der Waals surface area contributed by atoms with Gasteiger partial charge < -0.3 is 11.1 Å². The number of nitrogens with two attached hydrogens (primary N) is 1. The fourth-order valence-electron chi connectivity index (χ4n) is 2.63. The minimum atomic E-state index is -0.0930. The molecule has 1 fully saturated rings. The Morgan fingerprint density at radius 3 is 2.52 bits per heavy atom. The van der Waals surface area contributed by atoms with Crippen molar-refractivity contribution in [3.8, 4) is 0 Å². The summed E-state index contributed by atoms with van der Waals surface area (Å²) in [7, 11) is 0. The number of aromatic nitrogens is 2. The Balaban J connectivity index is 1.97. The fraction of sp³-hybridized carbons (Fsp3) is 0.750. The van der Waals surface area contributed by atoms with Crippen LogP contribution in [0.15, 0.2) is 6.07 Å². The lowest BCUT2D eigenvalue weighted by molar-refractivity contribution is 0.180. The Hall–Kier alpha value is -1.36. The van der Waals surface area contributed by atoms with Crippen LogP contribution in [0.3, 0.4) is 0 Å². The summed E-state index contributed by atoms with van der Waals surface area (Å²) in [5.74, 6) is 2.15. The van der Waals surface area contributed by atoms with E-state index in [1.807, 2.05) is 6.07 Å². The van der Waals surface area contributed by atoms with Gasteiger partial charge in [0.05, 0.1) is 0 Å². The zero-order chi connectivity index (χ0) is 15.5. The smallest absolute Gasteiger partial charge is 0.138 e. The first-order valence-corrected chi connectivity index (χ1v) is 7.99. The maximum atomic E-state index is 5.90. The van der Waals surface area contributed by atoms with Crippen LogP contribution in [-0.2, 0) is 5.41 Å². The van der Waals surface area contributed by atoms with Crippen LogP contribution in [0, 0.1) is 0 Å². The Labute approximate surface area is 128 Å². The van der Waals surface area contributed by atoms with Crippen LogP contribution >= 0.6 is 0 Å². The molecule has 21 heavy (non-hydrogen) atoms. The molecule has 1 unspecified atom stereocenters. The van der Waals surface area contributed by atoms with Crippen molar-refractivity contribution in [1.82, 2.24) is 14.9 Å². The maximum Gasteiger partial charge on any atom is 0.138 e. The van der Waals surface area contributed by atoms with Crippen LogP contribution in [-0.4, -0.2) is 40.5 Å². The molecule has 0 aliphatic carbocycles. The molecule has 0 amide bonds.